The maximum atomic E-state index is 12.6. The number of carbonyl (C=O) groups is 1. The van der Waals surface area contributed by atoms with Gasteiger partial charge in [0.1, 0.15) is 0 Å². The lowest BCUT2D eigenvalue weighted by Crippen LogP contribution is -2.39. The summed E-state index contributed by atoms with van der Waals surface area (Å²) in [5.74, 6) is 0.742. The Bertz CT molecular complexity index is 861. The van der Waals surface area contributed by atoms with Crippen LogP contribution in [0.2, 0.25) is 0 Å². The van der Waals surface area contributed by atoms with E-state index >= 15 is 0 Å². The number of piperidine rings is 1. The maximum absolute atomic E-state index is 12.6. The van der Waals surface area contributed by atoms with Crippen LogP contribution in [0.4, 0.5) is 0 Å². The number of amides is 1. The van der Waals surface area contributed by atoms with Crippen molar-refractivity contribution < 1.29 is 4.79 Å². The predicted molar refractivity (Wildman–Crippen MR) is 109 cm³/mol. The molecule has 0 spiro atoms. The second kappa shape index (κ2) is 8.02. The molecule has 1 aliphatic heterocycles. The number of rotatable bonds is 5. The summed E-state index contributed by atoms with van der Waals surface area (Å²) in [6, 6.07) is 18.4. The molecule has 4 heteroatoms. The van der Waals surface area contributed by atoms with Gasteiger partial charge in [0, 0.05) is 23.5 Å². The van der Waals surface area contributed by atoms with Crippen LogP contribution in [-0.2, 0) is 0 Å². The van der Waals surface area contributed by atoms with Crippen molar-refractivity contribution in [3.05, 3.63) is 70.4 Å². The number of hydrogen-bond donors (Lipinski definition) is 1. The van der Waals surface area contributed by atoms with Gasteiger partial charge >= 0.3 is 0 Å². The van der Waals surface area contributed by atoms with Crippen LogP contribution >= 0.6 is 11.3 Å². The molecule has 1 amide bonds. The normalized spacial score (nSPS) is 16.0. The van der Waals surface area contributed by atoms with Crippen molar-refractivity contribution in [3.8, 4) is 0 Å². The van der Waals surface area contributed by atoms with Gasteiger partial charge < -0.3 is 10.2 Å². The highest BCUT2D eigenvalue weighted by Crippen LogP contribution is 2.30. The zero-order valence-electron chi connectivity index (χ0n) is 14.9. The molecule has 2 heterocycles. The van der Waals surface area contributed by atoms with E-state index < -0.39 is 0 Å². The largest absolute Gasteiger partial charge is 0.351 e. The molecule has 134 valence electrons. The number of hydrogen-bond acceptors (Lipinski definition) is 3. The first kappa shape index (κ1) is 17.3. The van der Waals surface area contributed by atoms with Crippen molar-refractivity contribution in [1.29, 1.82) is 0 Å². The van der Waals surface area contributed by atoms with Gasteiger partial charge in [-0.1, -0.05) is 42.5 Å². The minimum atomic E-state index is 0.0234. The van der Waals surface area contributed by atoms with Crippen LogP contribution in [0.1, 0.15) is 34.0 Å². The molecule has 1 N–H and O–H groups in total. The third-order valence-electron chi connectivity index (χ3n) is 5.28. The van der Waals surface area contributed by atoms with E-state index in [1.54, 1.807) is 0 Å². The zero-order chi connectivity index (χ0) is 17.8. The Morgan fingerprint density at radius 1 is 1.04 bits per heavy atom. The summed E-state index contributed by atoms with van der Waals surface area (Å²) in [7, 11) is 0. The molecule has 1 aliphatic rings. The Hall–Kier alpha value is -2.17. The number of carbonyl (C=O) groups excluding carboxylic acids is 1. The monoisotopic (exact) mass is 364 g/mol. The van der Waals surface area contributed by atoms with E-state index in [9.17, 15) is 4.79 Å². The van der Waals surface area contributed by atoms with Crippen LogP contribution in [-0.4, -0.2) is 37.0 Å². The molecule has 3 nitrogen and oxygen atoms in total. The Balaban J connectivity index is 1.28. The number of fused-ring (bicyclic) bond motifs is 1. The quantitative estimate of drug-likeness (QED) is 0.722. The average Bonchev–Trinajstić information content (AvgIpc) is 3.23. The molecule has 0 radical (unpaired) electrons. The van der Waals surface area contributed by atoms with E-state index in [1.807, 2.05) is 53.8 Å². The molecule has 0 unspecified atom stereocenters. The smallest absolute Gasteiger partial charge is 0.251 e. The van der Waals surface area contributed by atoms with Crippen LogP contribution < -0.4 is 5.32 Å². The zero-order valence-corrected chi connectivity index (χ0v) is 15.7. The Morgan fingerprint density at radius 2 is 1.85 bits per heavy atom. The predicted octanol–water partition coefficient (Wildman–Crippen LogP) is 4.51. The first-order chi connectivity index (χ1) is 12.8. The molecule has 0 aliphatic carbocycles. The Labute approximate surface area is 158 Å². The third kappa shape index (κ3) is 3.81. The van der Waals surface area contributed by atoms with E-state index in [0.717, 1.165) is 41.9 Å². The van der Waals surface area contributed by atoms with Gasteiger partial charge in [0.2, 0.25) is 0 Å². The molecule has 2 aromatic carbocycles. The van der Waals surface area contributed by atoms with Crippen LogP contribution in [0.5, 0.6) is 0 Å². The summed E-state index contributed by atoms with van der Waals surface area (Å²) < 4.78 is 0. The maximum Gasteiger partial charge on any atom is 0.251 e. The molecule has 4 rings (SSSR count). The standard InChI is InChI=1S/C22H24N2OS/c25-22(20-8-3-6-17-5-1-2-7-19(17)20)23-12-15-24-13-10-18(11-14-24)21-9-4-16-26-21/h1-9,16,18H,10-15H2,(H,23,25). The van der Waals surface area contributed by atoms with Crippen molar-refractivity contribution in [2.45, 2.75) is 18.8 Å². The van der Waals surface area contributed by atoms with Crippen LogP contribution in [0, 0.1) is 0 Å². The van der Waals surface area contributed by atoms with E-state index in [-0.39, 0.29) is 5.91 Å². The van der Waals surface area contributed by atoms with Crippen molar-refractivity contribution in [2.75, 3.05) is 26.2 Å². The fraction of sp³-hybridized carbons (Fsp3) is 0.318. The first-order valence-electron chi connectivity index (χ1n) is 9.33. The molecule has 3 aromatic rings. The number of likely N-dealkylation sites (tertiary alicyclic amines) is 1. The van der Waals surface area contributed by atoms with Gasteiger partial charge in [0.25, 0.3) is 5.91 Å². The van der Waals surface area contributed by atoms with Crippen LogP contribution in [0.25, 0.3) is 10.8 Å². The molecule has 1 fully saturated rings. The lowest BCUT2D eigenvalue weighted by molar-refractivity contribution is 0.0947. The first-order valence-corrected chi connectivity index (χ1v) is 10.2. The van der Waals surface area contributed by atoms with E-state index in [1.165, 1.54) is 17.7 Å². The van der Waals surface area contributed by atoms with Crippen LogP contribution in [0.3, 0.4) is 0 Å². The number of benzene rings is 2. The molecule has 1 saturated heterocycles. The van der Waals surface area contributed by atoms with E-state index in [4.69, 9.17) is 0 Å². The van der Waals surface area contributed by atoms with E-state index in [2.05, 4.69) is 27.7 Å². The Morgan fingerprint density at radius 3 is 2.65 bits per heavy atom. The summed E-state index contributed by atoms with van der Waals surface area (Å²) in [5, 5.41) is 7.39. The molecular weight excluding hydrogens is 340 g/mol. The third-order valence-corrected chi connectivity index (χ3v) is 6.32. The fourth-order valence-corrected chi connectivity index (χ4v) is 4.71. The van der Waals surface area contributed by atoms with Crippen LogP contribution in [0.15, 0.2) is 60.0 Å². The van der Waals surface area contributed by atoms with Crippen molar-refractivity contribution >= 4 is 28.0 Å². The summed E-state index contributed by atoms with van der Waals surface area (Å²) >= 11 is 1.88. The minimum Gasteiger partial charge on any atom is -0.351 e. The molecular formula is C22H24N2OS. The average molecular weight is 365 g/mol. The fourth-order valence-electron chi connectivity index (χ4n) is 3.81. The summed E-state index contributed by atoms with van der Waals surface area (Å²) in [6.07, 6.45) is 2.44. The molecule has 26 heavy (non-hydrogen) atoms. The van der Waals surface area contributed by atoms with Gasteiger partial charge in [-0.25, -0.2) is 0 Å². The highest BCUT2D eigenvalue weighted by Gasteiger charge is 2.21. The van der Waals surface area contributed by atoms with Gasteiger partial charge in [-0.3, -0.25) is 4.79 Å². The van der Waals surface area contributed by atoms with Gasteiger partial charge in [-0.05, 0) is 60.1 Å². The second-order valence-corrected chi connectivity index (χ2v) is 7.89. The van der Waals surface area contributed by atoms with Crippen molar-refractivity contribution in [2.24, 2.45) is 0 Å². The number of nitrogens with one attached hydrogen (secondary N) is 1. The van der Waals surface area contributed by atoms with E-state index in [0.29, 0.717) is 6.54 Å². The van der Waals surface area contributed by atoms with Gasteiger partial charge in [0.05, 0.1) is 0 Å². The van der Waals surface area contributed by atoms with Gasteiger partial charge in [-0.15, -0.1) is 11.3 Å². The minimum absolute atomic E-state index is 0.0234. The summed E-state index contributed by atoms with van der Waals surface area (Å²) in [6.45, 7) is 3.86. The lowest BCUT2D eigenvalue weighted by Gasteiger charge is -2.31. The lowest BCUT2D eigenvalue weighted by atomic mass is 9.95. The molecule has 1 aromatic heterocycles. The van der Waals surface area contributed by atoms with Crippen molar-refractivity contribution in [3.63, 3.8) is 0 Å². The highest BCUT2D eigenvalue weighted by atomic mass is 32.1. The summed E-state index contributed by atoms with van der Waals surface area (Å²) in [5.41, 5.74) is 0.763. The molecule has 0 atom stereocenters. The van der Waals surface area contributed by atoms with Gasteiger partial charge in [-0.2, -0.15) is 0 Å². The summed E-state index contributed by atoms with van der Waals surface area (Å²) in [4.78, 5) is 16.6. The molecule has 0 bridgehead atoms. The Kier molecular flexibility index (Phi) is 5.32. The van der Waals surface area contributed by atoms with Gasteiger partial charge in [0.15, 0.2) is 0 Å². The second-order valence-electron chi connectivity index (χ2n) is 6.91. The van der Waals surface area contributed by atoms with Crippen molar-refractivity contribution in [1.82, 2.24) is 10.2 Å². The molecule has 0 saturated carbocycles. The number of thiophene rings is 1. The topological polar surface area (TPSA) is 32.3 Å². The number of nitrogens with zero attached hydrogens (tertiary/aromatic N) is 1. The SMILES string of the molecule is O=C(NCCN1CCC(c2cccs2)CC1)c1cccc2ccccc12. The highest BCUT2D eigenvalue weighted by molar-refractivity contribution is 7.10.